The lowest BCUT2D eigenvalue weighted by atomic mass is 9.96. The Labute approximate surface area is 221 Å². The monoisotopic (exact) mass is 526 g/mol. The first kappa shape index (κ1) is 30.0. The van der Waals surface area contributed by atoms with Crippen LogP contribution in [0.4, 0.5) is 11.4 Å². The summed E-state index contributed by atoms with van der Waals surface area (Å²) in [6.45, 7) is 7.77. The second-order valence-electron chi connectivity index (χ2n) is 8.91. The third-order valence-electron chi connectivity index (χ3n) is 6.22. The summed E-state index contributed by atoms with van der Waals surface area (Å²) in [5.41, 5.74) is 0.686. The van der Waals surface area contributed by atoms with Gasteiger partial charge in [-0.25, -0.2) is 4.79 Å². The van der Waals surface area contributed by atoms with Gasteiger partial charge in [-0.2, -0.15) is 0 Å². The van der Waals surface area contributed by atoms with E-state index in [0.717, 1.165) is 31.6 Å². The van der Waals surface area contributed by atoms with Crippen molar-refractivity contribution in [1.82, 2.24) is 0 Å². The summed E-state index contributed by atoms with van der Waals surface area (Å²) in [6.07, 6.45) is 2.12. The molecule has 10 heteroatoms. The number of para-hydroxylation sites is 2. The highest BCUT2D eigenvalue weighted by Crippen LogP contribution is 2.29. The number of amides is 1. The topological polar surface area (TPSA) is 156 Å². The summed E-state index contributed by atoms with van der Waals surface area (Å²) in [5, 5.41) is 33.8. The lowest BCUT2D eigenvalue weighted by Gasteiger charge is -2.40. The third-order valence-corrected chi connectivity index (χ3v) is 6.22. The zero-order valence-electron chi connectivity index (χ0n) is 21.3. The maximum absolute atomic E-state index is 12.6. The molecule has 1 aliphatic rings. The summed E-state index contributed by atoms with van der Waals surface area (Å²) in [6, 6.07) is 18.7. The van der Waals surface area contributed by atoms with Gasteiger partial charge in [-0.05, 0) is 36.6 Å². The molecular formula is C28H34N2O8. The van der Waals surface area contributed by atoms with E-state index in [-0.39, 0.29) is 11.9 Å². The molecule has 38 heavy (non-hydrogen) atoms. The molecular weight excluding hydrogens is 492 g/mol. The average molecular weight is 527 g/mol. The number of carboxylic acid groups (broad SMARTS) is 3. The number of carbonyl (C=O) groups is 4. The molecule has 2 aromatic rings. The molecule has 3 rings (SSSR count). The molecule has 4 N–H and O–H groups in total. The van der Waals surface area contributed by atoms with Crippen LogP contribution in [0.3, 0.4) is 0 Å². The van der Waals surface area contributed by atoms with E-state index in [1.54, 1.807) is 0 Å². The van der Waals surface area contributed by atoms with Crippen molar-refractivity contribution in [2.45, 2.75) is 50.7 Å². The Morgan fingerprint density at radius 2 is 1.47 bits per heavy atom. The van der Waals surface area contributed by atoms with Crippen LogP contribution in [0, 0.1) is 0 Å². The van der Waals surface area contributed by atoms with E-state index in [1.807, 2.05) is 54.3 Å². The Balaban J connectivity index is 0.000000332. The fourth-order valence-corrected chi connectivity index (χ4v) is 4.34. The van der Waals surface area contributed by atoms with Gasteiger partial charge < -0.3 is 30.2 Å². The SMILES string of the molecule is C=Cc1ccccc1N1CCC(N(C(=O)CC)c2ccccc2)CC1.O=C(O)CC(O)(CC(=O)O)C(=O)O. The molecule has 1 aliphatic heterocycles. The van der Waals surface area contributed by atoms with Crippen LogP contribution in [-0.4, -0.2) is 69.0 Å². The van der Waals surface area contributed by atoms with Crippen LogP contribution >= 0.6 is 0 Å². The van der Waals surface area contributed by atoms with Gasteiger partial charge in [0.05, 0.1) is 12.8 Å². The molecule has 0 saturated carbocycles. The first-order valence-electron chi connectivity index (χ1n) is 12.2. The lowest BCUT2D eigenvalue weighted by Crippen LogP contribution is -2.47. The van der Waals surface area contributed by atoms with E-state index in [9.17, 15) is 19.2 Å². The molecule has 0 bridgehead atoms. The van der Waals surface area contributed by atoms with Crippen molar-refractivity contribution in [3.05, 3.63) is 66.7 Å². The van der Waals surface area contributed by atoms with Gasteiger partial charge >= 0.3 is 17.9 Å². The largest absolute Gasteiger partial charge is 0.481 e. The summed E-state index contributed by atoms with van der Waals surface area (Å²) in [7, 11) is 0. The number of rotatable bonds is 10. The molecule has 1 saturated heterocycles. The number of aliphatic hydroxyl groups is 1. The van der Waals surface area contributed by atoms with Gasteiger partial charge in [0.2, 0.25) is 5.91 Å². The van der Waals surface area contributed by atoms with Crippen LogP contribution in [0.25, 0.3) is 6.08 Å². The number of aliphatic carboxylic acids is 3. The zero-order valence-corrected chi connectivity index (χ0v) is 21.3. The molecule has 1 amide bonds. The van der Waals surface area contributed by atoms with Crippen molar-refractivity contribution in [2.24, 2.45) is 0 Å². The molecule has 0 unspecified atom stereocenters. The number of hydrogen-bond acceptors (Lipinski definition) is 6. The van der Waals surface area contributed by atoms with Crippen LogP contribution < -0.4 is 9.80 Å². The van der Waals surface area contributed by atoms with Gasteiger partial charge in [-0.3, -0.25) is 14.4 Å². The fourth-order valence-electron chi connectivity index (χ4n) is 4.34. The number of carbonyl (C=O) groups excluding carboxylic acids is 1. The molecule has 2 aromatic carbocycles. The van der Waals surface area contributed by atoms with E-state index in [1.165, 1.54) is 11.3 Å². The molecule has 0 spiro atoms. The van der Waals surface area contributed by atoms with E-state index in [0.29, 0.717) is 6.42 Å². The average Bonchev–Trinajstić information content (AvgIpc) is 2.89. The minimum atomic E-state index is -2.74. The summed E-state index contributed by atoms with van der Waals surface area (Å²) in [4.78, 5) is 47.5. The summed E-state index contributed by atoms with van der Waals surface area (Å²) >= 11 is 0. The molecule has 0 radical (unpaired) electrons. The number of anilines is 2. The van der Waals surface area contributed by atoms with Crippen LogP contribution in [0.5, 0.6) is 0 Å². The van der Waals surface area contributed by atoms with E-state index in [4.69, 9.17) is 20.4 Å². The van der Waals surface area contributed by atoms with Gasteiger partial charge in [0.25, 0.3) is 0 Å². The Bertz CT molecular complexity index is 1110. The third kappa shape index (κ3) is 8.17. The van der Waals surface area contributed by atoms with Crippen molar-refractivity contribution >= 4 is 41.3 Å². The number of hydrogen-bond donors (Lipinski definition) is 4. The summed E-state index contributed by atoms with van der Waals surface area (Å²) in [5.74, 6) is -4.81. The van der Waals surface area contributed by atoms with Crippen molar-refractivity contribution in [2.75, 3.05) is 22.9 Å². The standard InChI is InChI=1S/C22H26N2O.C6H8O7/c1-3-18-10-8-9-13-21(18)23-16-14-20(15-17-23)24(22(25)4-2)19-11-6-5-7-12-19;7-3(8)1-6(13,5(11)12)2-4(9)10/h3,5-13,20H,1,4,14-17H2,2H3;13H,1-2H2,(H,7,8)(H,9,10)(H,11,12). The van der Waals surface area contributed by atoms with Crippen LogP contribution in [0.2, 0.25) is 0 Å². The van der Waals surface area contributed by atoms with Gasteiger partial charge in [0.1, 0.15) is 0 Å². The second-order valence-corrected chi connectivity index (χ2v) is 8.91. The molecule has 0 aliphatic carbocycles. The molecule has 0 aromatic heterocycles. The normalized spacial score (nSPS) is 13.6. The quantitative estimate of drug-likeness (QED) is 0.364. The second kappa shape index (κ2) is 13.9. The number of piperidine rings is 1. The molecule has 10 nitrogen and oxygen atoms in total. The van der Waals surface area contributed by atoms with Crippen molar-refractivity contribution < 1.29 is 39.6 Å². The predicted molar refractivity (Wildman–Crippen MR) is 143 cm³/mol. The Kier molecular flexibility index (Phi) is 11.0. The highest BCUT2D eigenvalue weighted by atomic mass is 16.4. The van der Waals surface area contributed by atoms with Gasteiger partial charge in [0.15, 0.2) is 5.60 Å². The van der Waals surface area contributed by atoms with Gasteiger partial charge in [0, 0.05) is 36.9 Å². The lowest BCUT2D eigenvalue weighted by molar-refractivity contribution is -0.170. The Morgan fingerprint density at radius 3 is 1.95 bits per heavy atom. The van der Waals surface area contributed by atoms with Crippen LogP contribution in [0.15, 0.2) is 61.2 Å². The molecule has 0 atom stereocenters. The first-order chi connectivity index (χ1) is 18.0. The summed E-state index contributed by atoms with van der Waals surface area (Å²) < 4.78 is 0. The maximum atomic E-state index is 12.6. The minimum Gasteiger partial charge on any atom is -0.481 e. The molecule has 1 fully saturated rings. The first-order valence-corrected chi connectivity index (χ1v) is 12.2. The minimum absolute atomic E-state index is 0.205. The van der Waals surface area contributed by atoms with E-state index in [2.05, 4.69) is 29.7 Å². The fraction of sp³-hybridized carbons (Fsp3) is 0.357. The number of benzene rings is 2. The van der Waals surface area contributed by atoms with E-state index >= 15 is 0 Å². The van der Waals surface area contributed by atoms with E-state index < -0.39 is 36.4 Å². The van der Waals surface area contributed by atoms with Gasteiger partial charge in [-0.15, -0.1) is 0 Å². The smallest absolute Gasteiger partial charge is 0.336 e. The number of nitrogens with zero attached hydrogens (tertiary/aromatic N) is 2. The van der Waals surface area contributed by atoms with Crippen LogP contribution in [-0.2, 0) is 19.2 Å². The predicted octanol–water partition coefficient (Wildman–Crippen LogP) is 3.49. The van der Waals surface area contributed by atoms with Crippen molar-refractivity contribution in [1.29, 1.82) is 0 Å². The van der Waals surface area contributed by atoms with Gasteiger partial charge in [-0.1, -0.05) is 56.0 Å². The Hall–Kier alpha value is -4.18. The zero-order chi connectivity index (χ0) is 28.3. The molecule has 1 heterocycles. The Morgan fingerprint density at radius 1 is 0.947 bits per heavy atom. The van der Waals surface area contributed by atoms with Crippen molar-refractivity contribution in [3.8, 4) is 0 Å². The highest BCUT2D eigenvalue weighted by molar-refractivity contribution is 5.93. The highest BCUT2D eigenvalue weighted by Gasteiger charge is 2.40. The number of carboxylic acids is 3. The molecule has 204 valence electrons. The van der Waals surface area contributed by atoms with Crippen LogP contribution in [0.1, 0.15) is 44.6 Å². The maximum Gasteiger partial charge on any atom is 0.336 e. The van der Waals surface area contributed by atoms with Crippen molar-refractivity contribution in [3.63, 3.8) is 0 Å².